The molecule has 0 saturated heterocycles. The van der Waals surface area contributed by atoms with E-state index in [4.69, 9.17) is 4.74 Å². The van der Waals surface area contributed by atoms with Gasteiger partial charge in [0.1, 0.15) is 11.3 Å². The maximum absolute atomic E-state index is 15.1. The van der Waals surface area contributed by atoms with Crippen LogP contribution in [-0.4, -0.2) is 32.6 Å². The zero-order valence-electron chi connectivity index (χ0n) is 15.1. The number of fused-ring (bicyclic) bond motifs is 3. The van der Waals surface area contributed by atoms with Gasteiger partial charge in [-0.05, 0) is 59.7 Å². The fourth-order valence-electron chi connectivity index (χ4n) is 4.31. The molecule has 3 fully saturated rings. The molecule has 0 aliphatic heterocycles. The molecule has 8 heteroatoms. The molecule has 0 aromatic carbocycles. The molecule has 3 aliphatic rings. The number of aromatic nitrogens is 3. The summed E-state index contributed by atoms with van der Waals surface area (Å²) in [6, 6.07) is 3.58. The normalized spacial score (nSPS) is 26.8. The minimum absolute atomic E-state index is 0.0185. The molecular weight excluding hydrogens is 415 g/mol. The molecule has 0 amide bonds. The average Bonchev–Trinajstić information content (AvgIpc) is 3.19. The van der Waals surface area contributed by atoms with Crippen molar-refractivity contribution in [1.82, 2.24) is 15.0 Å². The molecule has 27 heavy (non-hydrogen) atoms. The topological polar surface area (TPSA) is 79.9 Å². The van der Waals surface area contributed by atoms with Crippen molar-refractivity contribution in [2.24, 2.45) is 5.92 Å². The number of H-pyrrole nitrogens is 1. The summed E-state index contributed by atoms with van der Waals surface area (Å²) in [5.74, 6) is -0.0499. The van der Waals surface area contributed by atoms with E-state index in [2.05, 4.69) is 36.2 Å². The molecule has 0 radical (unpaired) electrons. The van der Waals surface area contributed by atoms with Gasteiger partial charge in [0.15, 0.2) is 16.4 Å². The Labute approximate surface area is 165 Å². The summed E-state index contributed by atoms with van der Waals surface area (Å²) in [5.41, 5.74) is 0.386. The molecule has 2 N–H and O–H groups in total. The Kier molecular flexibility index (Phi) is 4.92. The van der Waals surface area contributed by atoms with Gasteiger partial charge in [-0.25, -0.2) is 14.4 Å². The van der Waals surface area contributed by atoms with Gasteiger partial charge < -0.3 is 15.0 Å². The largest absolute Gasteiger partial charge is 0.459 e. The van der Waals surface area contributed by atoms with Gasteiger partial charge in [0, 0.05) is 25.1 Å². The first-order valence-electron chi connectivity index (χ1n) is 9.35. The number of nitrogens with one attached hydrogen (secondary N) is 2. The summed E-state index contributed by atoms with van der Waals surface area (Å²) in [4.78, 5) is 23.2. The second kappa shape index (κ2) is 7.22. The van der Waals surface area contributed by atoms with Crippen LogP contribution in [0, 0.1) is 11.7 Å². The summed E-state index contributed by atoms with van der Waals surface area (Å²) >= 11 is 3.28. The number of nitrogens with zero attached hydrogens (tertiary/aromatic N) is 2. The van der Waals surface area contributed by atoms with Crippen molar-refractivity contribution in [2.75, 3.05) is 5.32 Å². The van der Waals surface area contributed by atoms with Crippen molar-refractivity contribution >= 4 is 27.7 Å². The number of anilines is 1. The van der Waals surface area contributed by atoms with Gasteiger partial charge in [-0.15, -0.1) is 0 Å². The van der Waals surface area contributed by atoms with Gasteiger partial charge in [0.2, 0.25) is 0 Å². The van der Waals surface area contributed by atoms with Gasteiger partial charge in [-0.2, -0.15) is 0 Å². The monoisotopic (exact) mass is 436 g/mol. The van der Waals surface area contributed by atoms with E-state index in [1.54, 1.807) is 25.3 Å². The Bertz CT molecular complexity index is 834. The summed E-state index contributed by atoms with van der Waals surface area (Å²) < 4.78 is 21.2. The molecule has 2 heterocycles. The van der Waals surface area contributed by atoms with Gasteiger partial charge in [-0.1, -0.05) is 6.92 Å². The zero-order chi connectivity index (χ0) is 19.0. The van der Waals surface area contributed by atoms with Crippen LogP contribution in [0.15, 0.2) is 23.1 Å². The molecule has 2 aromatic rings. The number of hydrogen-bond donors (Lipinski definition) is 2. The van der Waals surface area contributed by atoms with Crippen LogP contribution in [0.3, 0.4) is 0 Å². The van der Waals surface area contributed by atoms with Gasteiger partial charge in [0.25, 0.3) is 0 Å². The van der Waals surface area contributed by atoms with Crippen molar-refractivity contribution in [2.45, 2.75) is 57.1 Å². The number of esters is 1. The van der Waals surface area contributed by atoms with Crippen molar-refractivity contribution in [3.63, 3.8) is 0 Å². The van der Waals surface area contributed by atoms with Crippen LogP contribution in [-0.2, 0) is 9.53 Å². The SMILES string of the molecule is CCC(=O)OC12CCC(CC1)C(Nc1nc(Br)nc(-c3ccc[nH]3)c1F)C2. The molecular formula is C19H22BrFN4O2. The van der Waals surface area contributed by atoms with E-state index < -0.39 is 11.4 Å². The van der Waals surface area contributed by atoms with Crippen LogP contribution < -0.4 is 5.32 Å². The smallest absolute Gasteiger partial charge is 0.306 e. The Morgan fingerprint density at radius 3 is 2.89 bits per heavy atom. The maximum Gasteiger partial charge on any atom is 0.306 e. The third-order valence-electron chi connectivity index (χ3n) is 5.72. The Morgan fingerprint density at radius 2 is 2.22 bits per heavy atom. The molecule has 1 atom stereocenters. The lowest BCUT2D eigenvalue weighted by molar-refractivity contribution is -0.171. The molecule has 5 rings (SSSR count). The quantitative estimate of drug-likeness (QED) is 0.534. The lowest BCUT2D eigenvalue weighted by Crippen LogP contribution is -2.52. The first kappa shape index (κ1) is 18.4. The van der Waals surface area contributed by atoms with Crippen molar-refractivity contribution in [1.29, 1.82) is 0 Å². The summed E-state index contributed by atoms with van der Waals surface area (Å²) in [6.07, 6.45) is 6.47. The van der Waals surface area contributed by atoms with E-state index in [1.807, 2.05) is 0 Å². The molecule has 3 saturated carbocycles. The summed E-state index contributed by atoms with van der Waals surface area (Å²) in [7, 11) is 0. The summed E-state index contributed by atoms with van der Waals surface area (Å²) in [5, 5.41) is 3.28. The minimum atomic E-state index is -0.485. The summed E-state index contributed by atoms with van der Waals surface area (Å²) in [6.45, 7) is 1.80. The Morgan fingerprint density at radius 1 is 1.44 bits per heavy atom. The second-order valence-corrected chi connectivity index (χ2v) is 8.10. The molecule has 2 bridgehead atoms. The third-order valence-corrected chi connectivity index (χ3v) is 6.08. The van der Waals surface area contributed by atoms with E-state index >= 15 is 4.39 Å². The first-order chi connectivity index (χ1) is 13.0. The number of ether oxygens (including phenoxy) is 1. The van der Waals surface area contributed by atoms with Crippen LogP contribution in [0.25, 0.3) is 11.4 Å². The van der Waals surface area contributed by atoms with Crippen LogP contribution >= 0.6 is 15.9 Å². The first-order valence-corrected chi connectivity index (χ1v) is 10.1. The van der Waals surface area contributed by atoms with Gasteiger partial charge in [0.05, 0.1) is 5.69 Å². The number of carbonyl (C=O) groups is 1. The highest BCUT2D eigenvalue weighted by Gasteiger charge is 2.48. The highest BCUT2D eigenvalue weighted by molar-refractivity contribution is 9.10. The van der Waals surface area contributed by atoms with Gasteiger partial charge in [-0.3, -0.25) is 4.79 Å². The van der Waals surface area contributed by atoms with Crippen molar-refractivity contribution < 1.29 is 13.9 Å². The highest BCUT2D eigenvalue weighted by atomic mass is 79.9. The van der Waals surface area contributed by atoms with E-state index in [0.29, 0.717) is 29.2 Å². The van der Waals surface area contributed by atoms with E-state index in [-0.39, 0.29) is 23.5 Å². The minimum Gasteiger partial charge on any atom is -0.459 e. The van der Waals surface area contributed by atoms with E-state index in [1.165, 1.54) is 0 Å². The fourth-order valence-corrected chi connectivity index (χ4v) is 4.67. The predicted octanol–water partition coefficient (Wildman–Crippen LogP) is 4.44. The van der Waals surface area contributed by atoms with Crippen LogP contribution in [0.1, 0.15) is 45.4 Å². The van der Waals surface area contributed by atoms with Crippen LogP contribution in [0.5, 0.6) is 0 Å². The number of halogens is 2. The van der Waals surface area contributed by atoms with Crippen LogP contribution in [0.2, 0.25) is 0 Å². The standard InChI is InChI=1S/C19H22BrFN4O2/c1-2-14(26)27-19-7-5-11(6-8-19)13(10-19)23-17-15(21)16(24-18(20)25-17)12-4-3-9-22-12/h3-4,9,11,13,22H,2,5-8,10H2,1H3,(H,23,24,25). The number of hydrogen-bond acceptors (Lipinski definition) is 5. The lowest BCUT2D eigenvalue weighted by atomic mass is 9.65. The van der Waals surface area contributed by atoms with Crippen molar-refractivity contribution in [3.8, 4) is 11.4 Å². The van der Waals surface area contributed by atoms with E-state index in [9.17, 15) is 4.79 Å². The molecule has 3 aliphatic carbocycles. The van der Waals surface area contributed by atoms with Crippen LogP contribution in [0.4, 0.5) is 10.2 Å². The Hall–Kier alpha value is -1.96. The predicted molar refractivity (Wildman–Crippen MR) is 103 cm³/mol. The molecule has 2 aromatic heterocycles. The lowest BCUT2D eigenvalue weighted by Gasteiger charge is -2.50. The van der Waals surface area contributed by atoms with Gasteiger partial charge >= 0.3 is 5.97 Å². The second-order valence-electron chi connectivity index (χ2n) is 7.39. The zero-order valence-corrected chi connectivity index (χ0v) is 16.7. The number of carbonyl (C=O) groups excluding carboxylic acids is 1. The maximum atomic E-state index is 15.1. The number of aromatic amines is 1. The van der Waals surface area contributed by atoms with Crippen molar-refractivity contribution in [3.05, 3.63) is 28.9 Å². The fraction of sp³-hybridized carbons (Fsp3) is 0.526. The third kappa shape index (κ3) is 3.59. The highest BCUT2D eigenvalue weighted by Crippen LogP contribution is 2.47. The molecule has 0 spiro atoms. The number of rotatable bonds is 5. The Balaban J connectivity index is 1.58. The molecule has 1 unspecified atom stereocenters. The molecule has 6 nitrogen and oxygen atoms in total. The average molecular weight is 437 g/mol. The van der Waals surface area contributed by atoms with E-state index in [0.717, 1.165) is 25.7 Å². The molecule has 144 valence electrons.